The number of carbonyl (C=O) groups excluding carboxylic acids is 2. The zero-order chi connectivity index (χ0) is 25.8. The fourth-order valence-corrected chi connectivity index (χ4v) is 6.48. The van der Waals surface area contributed by atoms with Gasteiger partial charge in [-0.1, -0.05) is 29.4 Å². The van der Waals surface area contributed by atoms with Crippen molar-refractivity contribution in [3.05, 3.63) is 50.6 Å². The van der Waals surface area contributed by atoms with Crippen LogP contribution in [0.3, 0.4) is 0 Å². The minimum absolute atomic E-state index is 0.125. The SMILES string of the molecule is CCn1c(SCC(=O)Nc2sc3c(c2C(=O)OC)CCCC3)nnc1C(C)Oc1cc(C)ccc1Cl. The van der Waals surface area contributed by atoms with E-state index < -0.39 is 5.97 Å². The molecule has 1 unspecified atom stereocenters. The second kappa shape index (κ2) is 11.7. The average molecular weight is 549 g/mol. The molecule has 0 saturated heterocycles. The van der Waals surface area contributed by atoms with Gasteiger partial charge in [0.25, 0.3) is 0 Å². The van der Waals surface area contributed by atoms with Gasteiger partial charge in [0.2, 0.25) is 5.91 Å². The summed E-state index contributed by atoms with van der Waals surface area (Å²) in [5, 5.41) is 13.3. The molecule has 0 saturated carbocycles. The highest BCUT2D eigenvalue weighted by Gasteiger charge is 2.27. The fourth-order valence-electron chi connectivity index (χ4n) is 4.21. The number of aromatic nitrogens is 3. The van der Waals surface area contributed by atoms with Crippen LogP contribution in [0.15, 0.2) is 23.4 Å². The highest BCUT2D eigenvalue weighted by atomic mass is 35.5. The van der Waals surface area contributed by atoms with E-state index in [-0.39, 0.29) is 17.8 Å². The molecule has 1 atom stereocenters. The van der Waals surface area contributed by atoms with Crippen molar-refractivity contribution >= 4 is 51.6 Å². The first kappa shape index (κ1) is 26.5. The number of halogens is 1. The van der Waals surface area contributed by atoms with Crippen LogP contribution in [0.5, 0.6) is 5.75 Å². The zero-order valence-electron chi connectivity index (χ0n) is 20.7. The molecule has 2 aromatic heterocycles. The van der Waals surface area contributed by atoms with E-state index >= 15 is 0 Å². The first-order chi connectivity index (χ1) is 17.3. The van der Waals surface area contributed by atoms with Crippen LogP contribution < -0.4 is 10.1 Å². The number of nitrogens with one attached hydrogen (secondary N) is 1. The predicted molar refractivity (Wildman–Crippen MR) is 143 cm³/mol. The summed E-state index contributed by atoms with van der Waals surface area (Å²) >= 11 is 9.05. The molecule has 0 radical (unpaired) electrons. The van der Waals surface area contributed by atoms with E-state index in [4.69, 9.17) is 21.1 Å². The van der Waals surface area contributed by atoms with Gasteiger partial charge in [-0.2, -0.15) is 0 Å². The van der Waals surface area contributed by atoms with Crippen LogP contribution in [-0.2, 0) is 28.9 Å². The molecule has 0 fully saturated rings. The molecule has 1 N–H and O–H groups in total. The number of nitrogens with zero attached hydrogens (tertiary/aromatic N) is 3. The number of esters is 1. The van der Waals surface area contributed by atoms with Gasteiger partial charge >= 0.3 is 5.97 Å². The Morgan fingerprint density at radius 2 is 2.06 bits per heavy atom. The summed E-state index contributed by atoms with van der Waals surface area (Å²) < 4.78 is 13.0. The maximum Gasteiger partial charge on any atom is 0.341 e. The van der Waals surface area contributed by atoms with Gasteiger partial charge < -0.3 is 19.4 Å². The monoisotopic (exact) mass is 548 g/mol. The van der Waals surface area contributed by atoms with Crippen LogP contribution in [0, 0.1) is 6.92 Å². The van der Waals surface area contributed by atoms with Crippen molar-refractivity contribution in [1.29, 1.82) is 0 Å². The standard InChI is InChI=1S/C25H29ClN4O4S2/c1-5-30-22(15(3)34-18-12-14(2)10-11-17(18)26)28-29-25(30)35-13-20(31)27-23-21(24(32)33-4)16-8-6-7-9-19(16)36-23/h10-12,15H,5-9,13H2,1-4H3,(H,27,31). The number of thiophene rings is 1. The molecular weight excluding hydrogens is 520 g/mol. The summed E-state index contributed by atoms with van der Waals surface area (Å²) in [6.45, 7) is 6.47. The number of carbonyl (C=O) groups is 2. The van der Waals surface area contributed by atoms with E-state index in [0.29, 0.717) is 38.9 Å². The van der Waals surface area contributed by atoms with Crippen molar-refractivity contribution < 1.29 is 19.1 Å². The molecule has 192 valence electrons. The second-order valence-electron chi connectivity index (χ2n) is 8.52. The summed E-state index contributed by atoms with van der Waals surface area (Å²) in [6.07, 6.45) is 3.48. The molecule has 3 aromatic rings. The van der Waals surface area contributed by atoms with E-state index in [2.05, 4.69) is 15.5 Å². The van der Waals surface area contributed by atoms with Gasteiger partial charge in [0.15, 0.2) is 17.1 Å². The fraction of sp³-hybridized carbons (Fsp3) is 0.440. The van der Waals surface area contributed by atoms with Crippen LogP contribution in [0.2, 0.25) is 5.02 Å². The topological polar surface area (TPSA) is 95.3 Å². The number of benzene rings is 1. The normalized spacial score (nSPS) is 13.7. The summed E-state index contributed by atoms with van der Waals surface area (Å²) in [7, 11) is 1.36. The first-order valence-electron chi connectivity index (χ1n) is 11.8. The van der Waals surface area contributed by atoms with Crippen molar-refractivity contribution in [3.63, 3.8) is 0 Å². The smallest absolute Gasteiger partial charge is 0.341 e. The lowest BCUT2D eigenvalue weighted by Gasteiger charge is -2.16. The lowest BCUT2D eigenvalue weighted by molar-refractivity contribution is -0.113. The Morgan fingerprint density at radius 3 is 2.81 bits per heavy atom. The second-order valence-corrected chi connectivity index (χ2v) is 11.0. The molecule has 1 aliphatic carbocycles. The van der Waals surface area contributed by atoms with E-state index in [9.17, 15) is 9.59 Å². The molecule has 2 heterocycles. The van der Waals surface area contributed by atoms with E-state index in [1.54, 1.807) is 6.07 Å². The number of thioether (sulfide) groups is 1. The molecule has 0 bridgehead atoms. The van der Waals surface area contributed by atoms with Crippen molar-refractivity contribution in [1.82, 2.24) is 14.8 Å². The average Bonchev–Trinajstić information content (AvgIpc) is 3.45. The van der Waals surface area contributed by atoms with Gasteiger partial charge in [-0.25, -0.2) is 4.79 Å². The van der Waals surface area contributed by atoms with Crippen LogP contribution >= 0.6 is 34.7 Å². The minimum Gasteiger partial charge on any atom is -0.481 e. The zero-order valence-corrected chi connectivity index (χ0v) is 23.1. The number of rotatable bonds is 9. The highest BCUT2D eigenvalue weighted by Crippen LogP contribution is 2.38. The van der Waals surface area contributed by atoms with E-state index in [1.807, 2.05) is 37.5 Å². The van der Waals surface area contributed by atoms with Gasteiger partial charge in [0.1, 0.15) is 10.8 Å². The molecule has 1 aromatic carbocycles. The van der Waals surface area contributed by atoms with E-state index in [0.717, 1.165) is 41.7 Å². The van der Waals surface area contributed by atoms with Crippen LogP contribution in [-0.4, -0.2) is 39.5 Å². The number of amides is 1. The Kier molecular flexibility index (Phi) is 8.58. The Balaban J connectivity index is 1.44. The van der Waals surface area contributed by atoms with Gasteiger partial charge in [0.05, 0.1) is 23.4 Å². The van der Waals surface area contributed by atoms with Gasteiger partial charge in [-0.3, -0.25) is 4.79 Å². The lowest BCUT2D eigenvalue weighted by atomic mass is 9.95. The van der Waals surface area contributed by atoms with Crippen LogP contribution in [0.4, 0.5) is 5.00 Å². The summed E-state index contributed by atoms with van der Waals surface area (Å²) in [5.41, 5.74) is 2.55. The molecule has 11 heteroatoms. The first-order valence-corrected chi connectivity index (χ1v) is 14.0. The quantitative estimate of drug-likeness (QED) is 0.264. The third-order valence-corrected chi connectivity index (χ3v) is 8.45. The maximum absolute atomic E-state index is 12.8. The number of anilines is 1. The summed E-state index contributed by atoms with van der Waals surface area (Å²) in [5.74, 6) is 0.739. The number of hydrogen-bond acceptors (Lipinski definition) is 8. The van der Waals surface area contributed by atoms with Crippen molar-refractivity contribution in [3.8, 4) is 5.75 Å². The Bertz CT molecular complexity index is 1270. The summed E-state index contributed by atoms with van der Waals surface area (Å²) in [6, 6.07) is 5.61. The predicted octanol–water partition coefficient (Wildman–Crippen LogP) is 5.86. The molecule has 0 spiro atoms. The van der Waals surface area contributed by atoms with Crippen LogP contribution in [0.25, 0.3) is 0 Å². The van der Waals surface area contributed by atoms with Gasteiger partial charge in [-0.05, 0) is 69.7 Å². The molecule has 0 aliphatic heterocycles. The van der Waals surface area contributed by atoms with Crippen molar-refractivity contribution in [2.24, 2.45) is 0 Å². The third-order valence-electron chi connectivity index (χ3n) is 5.96. The maximum atomic E-state index is 12.8. The van der Waals surface area contributed by atoms with Crippen LogP contribution in [0.1, 0.15) is 65.0 Å². The van der Waals surface area contributed by atoms with Crippen molar-refractivity contribution in [2.45, 2.75) is 64.3 Å². The number of ether oxygens (including phenoxy) is 2. The molecular formula is C25H29ClN4O4S2. The number of aryl methyl sites for hydroxylation is 2. The largest absolute Gasteiger partial charge is 0.481 e. The summed E-state index contributed by atoms with van der Waals surface area (Å²) in [4.78, 5) is 26.4. The minimum atomic E-state index is -0.407. The lowest BCUT2D eigenvalue weighted by Crippen LogP contribution is -2.17. The molecule has 36 heavy (non-hydrogen) atoms. The van der Waals surface area contributed by atoms with E-state index in [1.165, 1.54) is 30.2 Å². The highest BCUT2D eigenvalue weighted by molar-refractivity contribution is 7.99. The third kappa shape index (κ3) is 5.71. The Labute approximate surface area is 223 Å². The molecule has 1 aliphatic rings. The number of methoxy groups -OCH3 is 1. The van der Waals surface area contributed by atoms with Crippen molar-refractivity contribution in [2.75, 3.05) is 18.2 Å². The van der Waals surface area contributed by atoms with Gasteiger partial charge in [0, 0.05) is 11.4 Å². The number of fused-ring (bicyclic) bond motifs is 1. The molecule has 4 rings (SSSR count). The molecule has 8 nitrogen and oxygen atoms in total. The molecule has 1 amide bonds. The number of hydrogen-bond donors (Lipinski definition) is 1. The Hall–Kier alpha value is -2.56. The Morgan fingerprint density at radius 1 is 1.28 bits per heavy atom. The van der Waals surface area contributed by atoms with Gasteiger partial charge in [-0.15, -0.1) is 21.5 Å².